The van der Waals surface area contributed by atoms with Crippen LogP contribution in [0.15, 0.2) is 53.4 Å². The number of carbonyl (C=O) groups is 1. The van der Waals surface area contributed by atoms with E-state index < -0.39 is 0 Å². The normalized spacial score (nSPS) is 15.2. The van der Waals surface area contributed by atoms with Gasteiger partial charge in [0.15, 0.2) is 0 Å². The molecule has 0 bridgehead atoms. The fourth-order valence-corrected chi connectivity index (χ4v) is 4.02. The van der Waals surface area contributed by atoms with Crippen molar-refractivity contribution >= 4 is 40.3 Å². The molecule has 1 saturated heterocycles. The highest BCUT2D eigenvalue weighted by Crippen LogP contribution is 2.34. The maximum atomic E-state index is 12.4. The molecule has 0 N–H and O–H groups in total. The Morgan fingerprint density at radius 1 is 1.07 bits per heavy atom. The van der Waals surface area contributed by atoms with Crippen molar-refractivity contribution in [1.82, 2.24) is 4.90 Å². The van der Waals surface area contributed by atoms with Crippen molar-refractivity contribution < 1.29 is 19.0 Å². The summed E-state index contributed by atoms with van der Waals surface area (Å²) in [5.74, 6) is 2.10. The molecule has 0 saturated carbocycles. The van der Waals surface area contributed by atoms with E-state index in [0.29, 0.717) is 34.7 Å². The third-order valence-corrected chi connectivity index (χ3v) is 5.42. The van der Waals surface area contributed by atoms with Crippen molar-refractivity contribution in [2.45, 2.75) is 6.92 Å². The van der Waals surface area contributed by atoms with Gasteiger partial charge in [0.2, 0.25) is 0 Å². The summed E-state index contributed by atoms with van der Waals surface area (Å²) in [6, 6.07) is 15.0. The predicted molar refractivity (Wildman–Crippen MR) is 116 cm³/mol. The smallest absolute Gasteiger partial charge is 0.266 e. The molecule has 7 heteroatoms. The highest BCUT2D eigenvalue weighted by atomic mass is 32.2. The molecule has 2 aromatic carbocycles. The van der Waals surface area contributed by atoms with Crippen LogP contribution in [0.2, 0.25) is 0 Å². The first kappa shape index (κ1) is 20.2. The van der Waals surface area contributed by atoms with Crippen LogP contribution in [0, 0.1) is 0 Å². The maximum Gasteiger partial charge on any atom is 0.266 e. The quantitative estimate of drug-likeness (QED) is 0.362. The Balaban J connectivity index is 1.62. The highest BCUT2D eigenvalue weighted by molar-refractivity contribution is 8.26. The Hall–Kier alpha value is -2.51. The lowest BCUT2D eigenvalue weighted by Crippen LogP contribution is -2.27. The van der Waals surface area contributed by atoms with Gasteiger partial charge in [0.25, 0.3) is 5.91 Å². The van der Waals surface area contributed by atoms with Gasteiger partial charge in [0, 0.05) is 18.2 Å². The van der Waals surface area contributed by atoms with Gasteiger partial charge < -0.3 is 14.2 Å². The second kappa shape index (κ2) is 9.61. The molecule has 1 amide bonds. The van der Waals surface area contributed by atoms with Crippen molar-refractivity contribution in [3.8, 4) is 17.2 Å². The largest absolute Gasteiger partial charge is 0.497 e. The lowest BCUT2D eigenvalue weighted by molar-refractivity contribution is -0.121. The van der Waals surface area contributed by atoms with E-state index in [9.17, 15) is 4.79 Å². The summed E-state index contributed by atoms with van der Waals surface area (Å²) >= 11 is 6.58. The molecule has 1 fully saturated rings. The van der Waals surface area contributed by atoms with Gasteiger partial charge in [-0.3, -0.25) is 9.69 Å². The summed E-state index contributed by atoms with van der Waals surface area (Å²) in [4.78, 5) is 14.6. The minimum Gasteiger partial charge on any atom is -0.497 e. The summed E-state index contributed by atoms with van der Waals surface area (Å²) in [5.41, 5.74) is 0.834. The summed E-state index contributed by atoms with van der Waals surface area (Å²) in [5, 5.41) is 0. The third kappa shape index (κ3) is 4.85. The number of carbonyl (C=O) groups excluding carboxylic acids is 1. The zero-order valence-electron chi connectivity index (χ0n) is 15.7. The molecule has 0 radical (unpaired) electrons. The molecule has 2 aromatic rings. The zero-order valence-corrected chi connectivity index (χ0v) is 17.3. The molecule has 1 heterocycles. The zero-order chi connectivity index (χ0) is 19.9. The molecule has 146 valence electrons. The average Bonchev–Trinajstić information content (AvgIpc) is 2.99. The average molecular weight is 416 g/mol. The summed E-state index contributed by atoms with van der Waals surface area (Å²) in [6.45, 7) is 3.24. The fourth-order valence-electron chi connectivity index (χ4n) is 2.65. The Bertz CT molecular complexity index is 897. The number of nitrogens with zero attached hydrogens (tertiary/aromatic N) is 1. The van der Waals surface area contributed by atoms with Gasteiger partial charge >= 0.3 is 0 Å². The van der Waals surface area contributed by atoms with Crippen LogP contribution < -0.4 is 14.2 Å². The lowest BCUT2D eigenvalue weighted by atomic mass is 10.2. The van der Waals surface area contributed by atoms with Gasteiger partial charge in [-0.25, -0.2) is 0 Å². The van der Waals surface area contributed by atoms with E-state index in [1.54, 1.807) is 12.0 Å². The summed E-state index contributed by atoms with van der Waals surface area (Å²) < 4.78 is 17.3. The van der Waals surface area contributed by atoms with Crippen LogP contribution in [0.5, 0.6) is 17.2 Å². The number of amides is 1. The molecule has 0 aliphatic carbocycles. The summed E-state index contributed by atoms with van der Waals surface area (Å²) in [6.07, 6.45) is 1.83. The molecule has 1 aliphatic heterocycles. The van der Waals surface area contributed by atoms with Crippen LogP contribution in [0.25, 0.3) is 6.08 Å². The minimum absolute atomic E-state index is 0.0614. The fraction of sp³-hybridized carbons (Fsp3) is 0.238. The molecule has 5 nitrogen and oxygen atoms in total. The predicted octanol–water partition coefficient (Wildman–Crippen LogP) is 4.37. The van der Waals surface area contributed by atoms with Crippen molar-refractivity contribution in [1.29, 1.82) is 0 Å². The standard InChI is InChI=1S/C21H21NO4S2/c1-3-22-20(23)19(28-21(22)27)13-15-7-4-5-10-18(15)26-12-11-25-17-9-6-8-16(14-17)24-2/h4-10,13-14H,3,11-12H2,1-2H3/b19-13-. The lowest BCUT2D eigenvalue weighted by Gasteiger charge is -2.11. The van der Waals surface area contributed by atoms with Gasteiger partial charge in [-0.2, -0.15) is 0 Å². The van der Waals surface area contributed by atoms with E-state index in [2.05, 4.69) is 0 Å². The molecule has 1 aliphatic rings. The summed E-state index contributed by atoms with van der Waals surface area (Å²) in [7, 11) is 1.62. The number of ether oxygens (including phenoxy) is 3. The first-order chi connectivity index (χ1) is 13.6. The van der Waals surface area contributed by atoms with Crippen molar-refractivity contribution in [3.05, 3.63) is 59.0 Å². The van der Waals surface area contributed by atoms with Crippen LogP contribution in [-0.4, -0.2) is 42.0 Å². The van der Waals surface area contributed by atoms with Crippen molar-refractivity contribution in [2.24, 2.45) is 0 Å². The van der Waals surface area contributed by atoms with Gasteiger partial charge in [-0.1, -0.05) is 48.2 Å². The molecule has 0 aromatic heterocycles. The van der Waals surface area contributed by atoms with Crippen LogP contribution in [0.4, 0.5) is 0 Å². The molecule has 28 heavy (non-hydrogen) atoms. The van der Waals surface area contributed by atoms with Crippen molar-refractivity contribution in [2.75, 3.05) is 26.9 Å². The van der Waals surface area contributed by atoms with Crippen LogP contribution >= 0.6 is 24.0 Å². The number of para-hydroxylation sites is 1. The molecular formula is C21H21NO4S2. The Morgan fingerprint density at radius 2 is 1.82 bits per heavy atom. The van der Waals surface area contributed by atoms with E-state index in [1.165, 1.54) is 11.8 Å². The molecule has 0 spiro atoms. The van der Waals surface area contributed by atoms with Gasteiger partial charge in [0.1, 0.15) is 34.8 Å². The van der Waals surface area contributed by atoms with E-state index >= 15 is 0 Å². The number of rotatable bonds is 8. The number of methoxy groups -OCH3 is 1. The van der Waals surface area contributed by atoms with E-state index in [0.717, 1.165) is 17.1 Å². The molecule has 3 rings (SSSR count). The topological polar surface area (TPSA) is 48.0 Å². The van der Waals surface area contributed by atoms with Gasteiger partial charge in [-0.05, 0) is 31.2 Å². The molecule has 0 unspecified atom stereocenters. The van der Waals surface area contributed by atoms with Crippen LogP contribution in [0.3, 0.4) is 0 Å². The Morgan fingerprint density at radius 3 is 2.57 bits per heavy atom. The second-order valence-corrected chi connectivity index (χ2v) is 7.52. The molecule has 0 atom stereocenters. The Labute approximate surface area is 174 Å². The van der Waals surface area contributed by atoms with Gasteiger partial charge in [0.05, 0.1) is 12.0 Å². The van der Waals surface area contributed by atoms with Crippen LogP contribution in [-0.2, 0) is 4.79 Å². The molecular weight excluding hydrogens is 394 g/mol. The van der Waals surface area contributed by atoms with E-state index in [-0.39, 0.29) is 5.91 Å². The highest BCUT2D eigenvalue weighted by Gasteiger charge is 2.30. The number of thioether (sulfide) groups is 1. The number of hydrogen-bond acceptors (Lipinski definition) is 6. The number of benzene rings is 2. The SMILES string of the molecule is CCN1C(=O)/C(=C/c2ccccc2OCCOc2cccc(OC)c2)SC1=S. The van der Waals surface area contributed by atoms with E-state index in [1.807, 2.05) is 61.5 Å². The van der Waals surface area contributed by atoms with Crippen LogP contribution in [0.1, 0.15) is 12.5 Å². The Kier molecular flexibility index (Phi) is 6.95. The second-order valence-electron chi connectivity index (χ2n) is 5.84. The van der Waals surface area contributed by atoms with Gasteiger partial charge in [-0.15, -0.1) is 0 Å². The first-order valence-corrected chi connectivity index (χ1v) is 10.1. The van der Waals surface area contributed by atoms with E-state index in [4.69, 9.17) is 26.4 Å². The number of thiocarbonyl (C=S) groups is 1. The maximum absolute atomic E-state index is 12.4. The first-order valence-electron chi connectivity index (χ1n) is 8.86. The minimum atomic E-state index is -0.0614. The third-order valence-electron chi connectivity index (χ3n) is 4.05. The van der Waals surface area contributed by atoms with Crippen molar-refractivity contribution in [3.63, 3.8) is 0 Å². The number of hydrogen-bond donors (Lipinski definition) is 0. The number of likely N-dealkylation sites (N-methyl/N-ethyl adjacent to an activating group) is 1. The monoisotopic (exact) mass is 415 g/mol.